The van der Waals surface area contributed by atoms with Gasteiger partial charge in [-0.3, -0.25) is 4.79 Å². The molecule has 1 aliphatic heterocycles. The molecule has 0 aromatic carbocycles. The number of hydrogen-bond donors (Lipinski definition) is 0. The van der Waals surface area contributed by atoms with Crippen molar-refractivity contribution in [3.05, 3.63) is 23.5 Å². The topological polar surface area (TPSA) is 81.1 Å². The summed E-state index contributed by atoms with van der Waals surface area (Å²) >= 11 is 2.96. The number of aryl methyl sites for hydroxylation is 1. The highest BCUT2D eigenvalue weighted by Crippen LogP contribution is 2.23. The number of amides is 1. The van der Waals surface area contributed by atoms with Gasteiger partial charge in [0.05, 0.1) is 5.75 Å². The second-order valence-electron chi connectivity index (χ2n) is 5.11. The largest absolute Gasteiger partial charge is 0.460 e. The summed E-state index contributed by atoms with van der Waals surface area (Å²) in [5, 5.41) is 8.89. The zero-order chi connectivity index (χ0) is 16.1. The third-order valence-corrected chi connectivity index (χ3v) is 5.39. The molecule has 0 N–H and O–H groups in total. The van der Waals surface area contributed by atoms with Gasteiger partial charge in [0.1, 0.15) is 11.1 Å². The van der Waals surface area contributed by atoms with Gasteiger partial charge in [-0.25, -0.2) is 9.97 Å². The highest BCUT2D eigenvalue weighted by Gasteiger charge is 2.24. The van der Waals surface area contributed by atoms with E-state index in [9.17, 15) is 4.79 Å². The van der Waals surface area contributed by atoms with Gasteiger partial charge in [-0.1, -0.05) is 23.1 Å². The third kappa shape index (κ3) is 4.61. The molecule has 122 valence electrons. The van der Waals surface area contributed by atoms with Gasteiger partial charge in [-0.05, 0) is 13.0 Å². The number of nitrogens with zero attached hydrogens (tertiary/aromatic N) is 5. The predicted molar refractivity (Wildman–Crippen MR) is 87.6 cm³/mol. The first-order valence-electron chi connectivity index (χ1n) is 7.35. The lowest BCUT2D eigenvalue weighted by atomic mass is 10.1. The van der Waals surface area contributed by atoms with E-state index < -0.39 is 0 Å². The quantitative estimate of drug-likeness (QED) is 0.760. The van der Waals surface area contributed by atoms with Crippen molar-refractivity contribution in [2.24, 2.45) is 0 Å². The summed E-state index contributed by atoms with van der Waals surface area (Å²) < 4.78 is 6.58. The maximum absolute atomic E-state index is 12.2. The minimum Gasteiger partial charge on any atom is -0.460 e. The van der Waals surface area contributed by atoms with Crippen LogP contribution in [0.1, 0.15) is 17.8 Å². The average Bonchev–Trinajstić information content (AvgIpc) is 3.00. The normalized spacial score (nSPS) is 15.6. The second-order valence-corrected chi connectivity index (χ2v) is 7.51. The van der Waals surface area contributed by atoms with Crippen LogP contribution in [-0.2, 0) is 4.79 Å². The van der Waals surface area contributed by atoms with Crippen LogP contribution in [0.15, 0.2) is 22.8 Å². The van der Waals surface area contributed by atoms with E-state index in [1.165, 1.54) is 23.1 Å². The number of ether oxygens (including phenoxy) is 1. The fraction of sp³-hybridized carbons (Fsp3) is 0.500. The first kappa shape index (κ1) is 16.1. The van der Waals surface area contributed by atoms with Crippen molar-refractivity contribution in [2.75, 3.05) is 18.8 Å². The molecule has 9 heteroatoms. The van der Waals surface area contributed by atoms with E-state index in [0.717, 1.165) is 22.2 Å². The Balaban J connectivity index is 1.42. The van der Waals surface area contributed by atoms with Crippen molar-refractivity contribution < 1.29 is 9.53 Å². The highest BCUT2D eigenvalue weighted by molar-refractivity contribution is 8.01. The van der Waals surface area contributed by atoms with Crippen molar-refractivity contribution in [2.45, 2.75) is 30.2 Å². The molecule has 1 amide bonds. The SMILES string of the molecule is Cc1nnc(SCC(=O)N2CCC(Oc3ncccn3)CC2)s1. The van der Waals surface area contributed by atoms with Crippen molar-refractivity contribution in [1.29, 1.82) is 0 Å². The molecule has 0 bridgehead atoms. The lowest BCUT2D eigenvalue weighted by molar-refractivity contribution is -0.130. The summed E-state index contributed by atoms with van der Waals surface area (Å²) in [4.78, 5) is 22.2. The second kappa shape index (κ2) is 7.69. The van der Waals surface area contributed by atoms with Crippen molar-refractivity contribution in [3.63, 3.8) is 0 Å². The molecule has 1 fully saturated rings. The Morgan fingerprint density at radius 3 is 2.74 bits per heavy atom. The van der Waals surface area contributed by atoms with Gasteiger partial charge in [0, 0.05) is 38.3 Å². The van der Waals surface area contributed by atoms with E-state index in [-0.39, 0.29) is 12.0 Å². The van der Waals surface area contributed by atoms with Crippen LogP contribution in [-0.4, -0.2) is 55.9 Å². The molecule has 2 aromatic rings. The Morgan fingerprint density at radius 1 is 1.35 bits per heavy atom. The fourth-order valence-corrected chi connectivity index (χ4v) is 3.99. The molecule has 0 saturated carbocycles. The van der Waals surface area contributed by atoms with Crippen LogP contribution in [0.25, 0.3) is 0 Å². The van der Waals surface area contributed by atoms with E-state index in [4.69, 9.17) is 4.74 Å². The number of likely N-dealkylation sites (tertiary alicyclic amines) is 1. The van der Waals surface area contributed by atoms with Crippen molar-refractivity contribution >= 4 is 29.0 Å². The van der Waals surface area contributed by atoms with E-state index in [1.54, 1.807) is 18.5 Å². The number of carbonyl (C=O) groups excluding carboxylic acids is 1. The summed E-state index contributed by atoms with van der Waals surface area (Å²) in [7, 11) is 0. The van der Waals surface area contributed by atoms with Gasteiger partial charge < -0.3 is 9.64 Å². The number of piperidine rings is 1. The molecule has 0 aliphatic carbocycles. The Hall–Kier alpha value is -1.74. The van der Waals surface area contributed by atoms with E-state index in [2.05, 4.69) is 20.2 Å². The Labute approximate surface area is 142 Å². The molecule has 0 radical (unpaired) electrons. The molecular weight excluding hydrogens is 334 g/mol. The summed E-state index contributed by atoms with van der Waals surface area (Å²) in [6, 6.07) is 2.16. The van der Waals surface area contributed by atoms with Crippen LogP contribution in [0.2, 0.25) is 0 Å². The smallest absolute Gasteiger partial charge is 0.316 e. The Morgan fingerprint density at radius 2 is 2.09 bits per heavy atom. The van der Waals surface area contributed by atoms with Gasteiger partial charge in [0.25, 0.3) is 0 Å². The lowest BCUT2D eigenvalue weighted by Gasteiger charge is -2.31. The van der Waals surface area contributed by atoms with Gasteiger partial charge >= 0.3 is 6.01 Å². The molecule has 0 unspecified atom stereocenters. The molecule has 1 saturated heterocycles. The van der Waals surface area contributed by atoms with Crippen LogP contribution < -0.4 is 4.74 Å². The Bertz CT molecular complexity index is 644. The maximum atomic E-state index is 12.2. The van der Waals surface area contributed by atoms with Crippen LogP contribution in [0.4, 0.5) is 0 Å². The highest BCUT2D eigenvalue weighted by atomic mass is 32.2. The van der Waals surface area contributed by atoms with E-state index in [0.29, 0.717) is 24.9 Å². The molecule has 23 heavy (non-hydrogen) atoms. The third-order valence-electron chi connectivity index (χ3n) is 3.44. The van der Waals surface area contributed by atoms with Crippen LogP contribution in [0.5, 0.6) is 6.01 Å². The van der Waals surface area contributed by atoms with Crippen LogP contribution in [0.3, 0.4) is 0 Å². The minimum absolute atomic E-state index is 0.0694. The first-order valence-corrected chi connectivity index (χ1v) is 9.15. The Kier molecular flexibility index (Phi) is 5.39. The molecule has 1 aliphatic rings. The van der Waals surface area contributed by atoms with E-state index >= 15 is 0 Å². The molecule has 0 spiro atoms. The molecule has 7 nitrogen and oxygen atoms in total. The fourth-order valence-electron chi connectivity index (χ4n) is 2.27. The summed E-state index contributed by atoms with van der Waals surface area (Å²) in [6.45, 7) is 3.31. The summed E-state index contributed by atoms with van der Waals surface area (Å²) in [5.74, 6) is 0.541. The molecule has 0 atom stereocenters. The zero-order valence-corrected chi connectivity index (χ0v) is 14.3. The molecule has 3 rings (SSSR count). The summed E-state index contributed by atoms with van der Waals surface area (Å²) in [5.41, 5.74) is 0. The van der Waals surface area contributed by atoms with Gasteiger partial charge in [-0.2, -0.15) is 0 Å². The van der Waals surface area contributed by atoms with E-state index in [1.807, 2.05) is 11.8 Å². The van der Waals surface area contributed by atoms with Crippen molar-refractivity contribution in [1.82, 2.24) is 25.1 Å². The summed E-state index contributed by atoms with van der Waals surface area (Å²) in [6.07, 6.45) is 4.99. The minimum atomic E-state index is 0.0694. The van der Waals surface area contributed by atoms with Crippen molar-refractivity contribution in [3.8, 4) is 6.01 Å². The number of aromatic nitrogens is 4. The predicted octanol–water partition coefficient (Wildman–Crippen LogP) is 1.80. The number of hydrogen-bond acceptors (Lipinski definition) is 8. The standard InChI is InChI=1S/C14H17N5O2S2/c1-10-17-18-14(23-10)22-9-12(20)19-7-3-11(4-8-19)21-13-15-5-2-6-16-13/h2,5-6,11H,3-4,7-9H2,1H3. The van der Waals surface area contributed by atoms with Gasteiger partial charge in [-0.15, -0.1) is 10.2 Å². The zero-order valence-electron chi connectivity index (χ0n) is 12.7. The molecular formula is C14H17N5O2S2. The van der Waals surface area contributed by atoms with Crippen LogP contribution in [0, 0.1) is 6.92 Å². The van der Waals surface area contributed by atoms with Crippen LogP contribution >= 0.6 is 23.1 Å². The van der Waals surface area contributed by atoms with Gasteiger partial charge in [0.2, 0.25) is 5.91 Å². The monoisotopic (exact) mass is 351 g/mol. The average molecular weight is 351 g/mol. The number of carbonyl (C=O) groups is 1. The van der Waals surface area contributed by atoms with Gasteiger partial charge in [0.15, 0.2) is 4.34 Å². The molecule has 2 aromatic heterocycles. The lowest BCUT2D eigenvalue weighted by Crippen LogP contribution is -2.42. The maximum Gasteiger partial charge on any atom is 0.316 e. The molecule has 3 heterocycles. The number of thioether (sulfide) groups is 1. The first-order chi connectivity index (χ1) is 11.2. The number of rotatable bonds is 5.